The molecule has 0 N–H and O–H groups in total. The number of Topliss-reactive ketones (excluding diaryl/α,β-unsaturated/α-hetero) is 1. The molecule has 0 aromatic rings. The van der Waals surface area contributed by atoms with Gasteiger partial charge in [0.05, 0.1) is 6.10 Å². The zero-order valence-electron chi connectivity index (χ0n) is 12.4. The Bertz CT molecular complexity index is 321. The van der Waals surface area contributed by atoms with Gasteiger partial charge in [0.1, 0.15) is 5.78 Å². The number of hydrogen-bond donors (Lipinski definition) is 0. The molecule has 0 amide bonds. The molecule has 0 aromatic heterocycles. The minimum absolute atomic E-state index is 0.354. The van der Waals surface area contributed by atoms with Crippen molar-refractivity contribution in [2.75, 3.05) is 6.61 Å². The predicted molar refractivity (Wildman–Crippen MR) is 73.5 cm³/mol. The number of carbonyl (C=O) groups is 1. The molecule has 0 spiro atoms. The van der Waals surface area contributed by atoms with Crippen molar-refractivity contribution in [1.82, 2.24) is 0 Å². The standard InChI is InChI=1S/C16H28O2/c1-5-13(17)7-6-10-18-14-11-12-8-9-16(14,4)15(12,2)3/h12,14H,5-11H2,1-4H3. The Morgan fingerprint density at radius 3 is 2.56 bits per heavy atom. The topological polar surface area (TPSA) is 26.3 Å². The molecule has 2 heteroatoms. The third kappa shape index (κ3) is 2.13. The van der Waals surface area contributed by atoms with Crippen molar-refractivity contribution in [3.05, 3.63) is 0 Å². The van der Waals surface area contributed by atoms with E-state index < -0.39 is 0 Å². The van der Waals surface area contributed by atoms with Gasteiger partial charge < -0.3 is 4.74 Å². The molecule has 2 saturated carbocycles. The van der Waals surface area contributed by atoms with Gasteiger partial charge in [0.25, 0.3) is 0 Å². The predicted octanol–water partition coefficient (Wildman–Crippen LogP) is 3.98. The lowest BCUT2D eigenvalue weighted by Gasteiger charge is -2.38. The van der Waals surface area contributed by atoms with Crippen LogP contribution in [0.4, 0.5) is 0 Å². The lowest BCUT2D eigenvalue weighted by molar-refractivity contribution is -0.119. The zero-order chi connectivity index (χ0) is 13.4. The van der Waals surface area contributed by atoms with E-state index in [4.69, 9.17) is 4.74 Å². The molecule has 0 aliphatic heterocycles. The molecule has 3 atom stereocenters. The third-order valence-corrected chi connectivity index (χ3v) is 6.03. The average Bonchev–Trinajstić information content (AvgIpc) is 2.67. The van der Waals surface area contributed by atoms with E-state index in [1.165, 1.54) is 19.3 Å². The number of fused-ring (bicyclic) bond motifs is 2. The van der Waals surface area contributed by atoms with Crippen LogP contribution in [0, 0.1) is 16.7 Å². The maximum absolute atomic E-state index is 11.2. The van der Waals surface area contributed by atoms with Crippen LogP contribution in [0.25, 0.3) is 0 Å². The fraction of sp³-hybridized carbons (Fsp3) is 0.938. The first-order valence-electron chi connectivity index (χ1n) is 7.55. The quantitative estimate of drug-likeness (QED) is 0.668. The van der Waals surface area contributed by atoms with Crippen LogP contribution in [0.1, 0.15) is 66.2 Å². The van der Waals surface area contributed by atoms with Crippen LogP contribution in [0.5, 0.6) is 0 Å². The van der Waals surface area contributed by atoms with E-state index in [1.807, 2.05) is 6.92 Å². The summed E-state index contributed by atoms with van der Waals surface area (Å²) in [6, 6.07) is 0. The molecule has 2 aliphatic rings. The molecular formula is C16H28O2. The van der Waals surface area contributed by atoms with Gasteiger partial charge in [-0.05, 0) is 42.4 Å². The van der Waals surface area contributed by atoms with E-state index in [9.17, 15) is 4.79 Å². The van der Waals surface area contributed by atoms with Gasteiger partial charge in [-0.1, -0.05) is 27.7 Å². The summed E-state index contributed by atoms with van der Waals surface area (Å²) < 4.78 is 6.12. The van der Waals surface area contributed by atoms with Crippen molar-refractivity contribution in [3.63, 3.8) is 0 Å². The Morgan fingerprint density at radius 1 is 1.33 bits per heavy atom. The number of carbonyl (C=O) groups excluding carboxylic acids is 1. The monoisotopic (exact) mass is 252 g/mol. The van der Waals surface area contributed by atoms with Gasteiger partial charge in [-0.25, -0.2) is 0 Å². The summed E-state index contributed by atoms with van der Waals surface area (Å²) in [5.41, 5.74) is 0.781. The number of hydrogen-bond acceptors (Lipinski definition) is 2. The van der Waals surface area contributed by atoms with Crippen molar-refractivity contribution < 1.29 is 9.53 Å². The second-order valence-electron chi connectivity index (χ2n) is 6.97. The Balaban J connectivity index is 1.80. The zero-order valence-corrected chi connectivity index (χ0v) is 12.4. The maximum atomic E-state index is 11.2. The molecule has 2 aliphatic carbocycles. The number of rotatable bonds is 6. The average molecular weight is 252 g/mol. The highest BCUT2D eigenvalue weighted by Crippen LogP contribution is 2.66. The van der Waals surface area contributed by atoms with Crippen LogP contribution in [0.2, 0.25) is 0 Å². The van der Waals surface area contributed by atoms with Gasteiger partial charge in [-0.3, -0.25) is 4.79 Å². The van der Waals surface area contributed by atoms with Gasteiger partial charge in [0, 0.05) is 19.4 Å². The first-order valence-corrected chi connectivity index (χ1v) is 7.55. The molecular weight excluding hydrogens is 224 g/mol. The summed E-state index contributed by atoms with van der Waals surface area (Å²) in [6.07, 6.45) is 6.57. The summed E-state index contributed by atoms with van der Waals surface area (Å²) in [6.45, 7) is 9.92. The fourth-order valence-corrected chi connectivity index (χ4v) is 4.05. The molecule has 0 saturated heterocycles. The van der Waals surface area contributed by atoms with Crippen LogP contribution < -0.4 is 0 Å². The van der Waals surface area contributed by atoms with Crippen molar-refractivity contribution in [2.45, 2.75) is 72.3 Å². The van der Waals surface area contributed by atoms with E-state index in [0.717, 1.165) is 18.9 Å². The highest BCUT2D eigenvalue weighted by Gasteiger charge is 2.61. The normalized spacial score (nSPS) is 37.1. The molecule has 0 radical (unpaired) electrons. The van der Waals surface area contributed by atoms with Gasteiger partial charge in [-0.2, -0.15) is 0 Å². The largest absolute Gasteiger partial charge is 0.378 e. The van der Waals surface area contributed by atoms with Gasteiger partial charge in [0.2, 0.25) is 0 Å². The summed E-state index contributed by atoms with van der Waals surface area (Å²) in [5.74, 6) is 1.20. The summed E-state index contributed by atoms with van der Waals surface area (Å²) in [7, 11) is 0. The number of ether oxygens (including phenoxy) is 1. The summed E-state index contributed by atoms with van der Waals surface area (Å²) >= 11 is 0. The molecule has 18 heavy (non-hydrogen) atoms. The van der Waals surface area contributed by atoms with Crippen LogP contribution >= 0.6 is 0 Å². The minimum atomic E-state index is 0.354. The molecule has 2 bridgehead atoms. The van der Waals surface area contributed by atoms with Gasteiger partial charge in [-0.15, -0.1) is 0 Å². The Kier molecular flexibility index (Phi) is 3.87. The van der Waals surface area contributed by atoms with Crippen LogP contribution in [-0.4, -0.2) is 18.5 Å². The van der Waals surface area contributed by atoms with Crippen LogP contribution in [0.3, 0.4) is 0 Å². The number of ketones is 1. The molecule has 2 fully saturated rings. The van der Waals surface area contributed by atoms with Gasteiger partial charge >= 0.3 is 0 Å². The van der Waals surface area contributed by atoms with Crippen LogP contribution in [-0.2, 0) is 9.53 Å². The first kappa shape index (κ1) is 14.0. The lowest BCUT2D eigenvalue weighted by atomic mass is 9.70. The highest BCUT2D eigenvalue weighted by molar-refractivity contribution is 5.77. The molecule has 2 rings (SSSR count). The SMILES string of the molecule is CCC(=O)CCCOC1CC2CCC1(C)C2(C)C. The Hall–Kier alpha value is -0.370. The maximum Gasteiger partial charge on any atom is 0.132 e. The van der Waals surface area contributed by atoms with E-state index in [1.54, 1.807) is 0 Å². The fourth-order valence-electron chi connectivity index (χ4n) is 4.05. The van der Waals surface area contributed by atoms with Crippen LogP contribution in [0.15, 0.2) is 0 Å². The summed E-state index contributed by atoms with van der Waals surface area (Å²) in [4.78, 5) is 11.2. The smallest absolute Gasteiger partial charge is 0.132 e. The second kappa shape index (κ2) is 4.96. The van der Waals surface area contributed by atoms with Crippen molar-refractivity contribution >= 4 is 5.78 Å². The minimum Gasteiger partial charge on any atom is -0.378 e. The molecule has 0 heterocycles. The third-order valence-electron chi connectivity index (χ3n) is 6.03. The van der Waals surface area contributed by atoms with Gasteiger partial charge in [0.15, 0.2) is 0 Å². The van der Waals surface area contributed by atoms with E-state index in [0.29, 0.717) is 35.6 Å². The molecule has 2 nitrogen and oxygen atoms in total. The van der Waals surface area contributed by atoms with Crippen molar-refractivity contribution in [1.29, 1.82) is 0 Å². The van der Waals surface area contributed by atoms with E-state index >= 15 is 0 Å². The van der Waals surface area contributed by atoms with E-state index in [-0.39, 0.29) is 0 Å². The van der Waals surface area contributed by atoms with Crippen molar-refractivity contribution in [2.24, 2.45) is 16.7 Å². The lowest BCUT2D eigenvalue weighted by Crippen LogP contribution is -2.37. The molecule has 0 aromatic carbocycles. The molecule has 104 valence electrons. The Morgan fingerprint density at radius 2 is 2.06 bits per heavy atom. The van der Waals surface area contributed by atoms with E-state index in [2.05, 4.69) is 20.8 Å². The highest BCUT2D eigenvalue weighted by atomic mass is 16.5. The second-order valence-corrected chi connectivity index (χ2v) is 6.97. The summed E-state index contributed by atoms with van der Waals surface area (Å²) in [5, 5.41) is 0. The first-order chi connectivity index (χ1) is 8.41. The molecule has 3 unspecified atom stereocenters. The van der Waals surface area contributed by atoms with Crippen molar-refractivity contribution in [3.8, 4) is 0 Å². The Labute approximate surface area is 111 Å².